The fourth-order valence-corrected chi connectivity index (χ4v) is 2.60. The lowest BCUT2D eigenvalue weighted by Gasteiger charge is -2.10. The zero-order valence-corrected chi connectivity index (χ0v) is 14.4. The predicted octanol–water partition coefficient (Wildman–Crippen LogP) is 3.59. The van der Waals surface area contributed by atoms with E-state index in [1.54, 1.807) is 10.9 Å². The van der Waals surface area contributed by atoms with Crippen molar-refractivity contribution >= 4 is 17.6 Å². The molecule has 0 saturated heterocycles. The van der Waals surface area contributed by atoms with Gasteiger partial charge in [-0.05, 0) is 24.1 Å². The molecule has 0 aliphatic rings. The summed E-state index contributed by atoms with van der Waals surface area (Å²) in [7, 11) is 1.89. The third-order valence-electron chi connectivity index (χ3n) is 4.22. The van der Waals surface area contributed by atoms with Gasteiger partial charge in [0.1, 0.15) is 0 Å². The highest BCUT2D eigenvalue weighted by Gasteiger charge is 2.13. The predicted molar refractivity (Wildman–Crippen MR) is 101 cm³/mol. The van der Waals surface area contributed by atoms with Gasteiger partial charge in [0.2, 0.25) is 0 Å². The molecule has 1 amide bonds. The molecular formula is C21H21N3O. The number of aromatic nitrogens is 2. The number of carbonyl (C=O) groups excluding carboxylic acids is 1. The van der Waals surface area contributed by atoms with Gasteiger partial charge >= 0.3 is 0 Å². The summed E-state index contributed by atoms with van der Waals surface area (Å²) in [6, 6.07) is 19.6. The lowest BCUT2D eigenvalue weighted by molar-refractivity contribution is -0.115. The summed E-state index contributed by atoms with van der Waals surface area (Å²) in [6.45, 7) is 2.45. The molecule has 0 radical (unpaired) electrons. The van der Waals surface area contributed by atoms with Crippen molar-refractivity contribution < 1.29 is 4.79 Å². The van der Waals surface area contributed by atoms with Crippen LogP contribution in [0.1, 0.15) is 22.4 Å². The summed E-state index contributed by atoms with van der Waals surface area (Å²) in [5.74, 6) is -0.0988. The Kier molecular flexibility index (Phi) is 5.09. The molecule has 1 aromatic heterocycles. The first kappa shape index (κ1) is 16.7. The molecule has 0 unspecified atom stereocenters. The van der Waals surface area contributed by atoms with E-state index in [4.69, 9.17) is 0 Å². The van der Waals surface area contributed by atoms with Crippen LogP contribution in [0.25, 0.3) is 11.6 Å². The molecule has 0 spiro atoms. The minimum absolute atomic E-state index is 0.0988. The molecule has 0 fully saturated rings. The van der Waals surface area contributed by atoms with Crippen LogP contribution in [-0.2, 0) is 18.4 Å². The van der Waals surface area contributed by atoms with E-state index in [0.717, 1.165) is 22.4 Å². The lowest BCUT2D eigenvalue weighted by atomic mass is 10.0. The summed E-state index contributed by atoms with van der Waals surface area (Å²) >= 11 is 0. The maximum atomic E-state index is 12.8. The first-order valence-electron chi connectivity index (χ1n) is 8.23. The van der Waals surface area contributed by atoms with Crippen LogP contribution in [-0.4, -0.2) is 15.7 Å². The summed E-state index contributed by atoms with van der Waals surface area (Å²) in [4.78, 5) is 12.8. The van der Waals surface area contributed by atoms with Gasteiger partial charge < -0.3 is 5.32 Å². The normalized spacial score (nSPS) is 11.4. The molecule has 3 aromatic rings. The van der Waals surface area contributed by atoms with Gasteiger partial charge in [-0.25, -0.2) is 0 Å². The van der Waals surface area contributed by atoms with Gasteiger partial charge in [0.05, 0.1) is 6.20 Å². The number of carbonyl (C=O) groups is 1. The van der Waals surface area contributed by atoms with Gasteiger partial charge in [-0.3, -0.25) is 9.48 Å². The van der Waals surface area contributed by atoms with Gasteiger partial charge in [0.15, 0.2) is 0 Å². The molecule has 25 heavy (non-hydrogen) atoms. The van der Waals surface area contributed by atoms with Crippen LogP contribution in [0.5, 0.6) is 0 Å². The van der Waals surface area contributed by atoms with Gasteiger partial charge in [-0.15, -0.1) is 0 Å². The van der Waals surface area contributed by atoms with Crippen molar-refractivity contribution in [2.75, 3.05) is 0 Å². The largest absolute Gasteiger partial charge is 0.348 e. The SMILES string of the molecule is Cc1c(CNC(=O)/C(=C\c2ccccc2)c2ccccc2)cnn1C. The molecule has 1 N–H and O–H groups in total. The van der Waals surface area contributed by atoms with E-state index >= 15 is 0 Å². The maximum Gasteiger partial charge on any atom is 0.252 e. The van der Waals surface area contributed by atoms with Crippen molar-refractivity contribution in [1.29, 1.82) is 0 Å². The zero-order valence-electron chi connectivity index (χ0n) is 14.4. The van der Waals surface area contributed by atoms with E-state index in [0.29, 0.717) is 12.1 Å². The summed E-state index contributed by atoms with van der Waals surface area (Å²) in [6.07, 6.45) is 3.71. The average molecular weight is 331 g/mol. The van der Waals surface area contributed by atoms with Crippen molar-refractivity contribution in [1.82, 2.24) is 15.1 Å². The molecular weight excluding hydrogens is 310 g/mol. The third kappa shape index (κ3) is 4.04. The highest BCUT2D eigenvalue weighted by molar-refractivity contribution is 6.24. The van der Waals surface area contributed by atoms with Crippen molar-refractivity contribution in [3.63, 3.8) is 0 Å². The van der Waals surface area contributed by atoms with E-state index in [1.165, 1.54) is 0 Å². The number of hydrogen-bond donors (Lipinski definition) is 1. The van der Waals surface area contributed by atoms with Crippen LogP contribution in [0.3, 0.4) is 0 Å². The van der Waals surface area contributed by atoms with Crippen LogP contribution < -0.4 is 5.32 Å². The second-order valence-electron chi connectivity index (χ2n) is 5.90. The highest BCUT2D eigenvalue weighted by Crippen LogP contribution is 2.19. The number of benzene rings is 2. The monoisotopic (exact) mass is 331 g/mol. The lowest BCUT2D eigenvalue weighted by Crippen LogP contribution is -2.24. The van der Waals surface area contributed by atoms with Crippen molar-refractivity contribution in [2.24, 2.45) is 7.05 Å². The van der Waals surface area contributed by atoms with Crippen molar-refractivity contribution in [3.8, 4) is 0 Å². The van der Waals surface area contributed by atoms with Crippen molar-refractivity contribution in [2.45, 2.75) is 13.5 Å². The number of hydrogen-bond acceptors (Lipinski definition) is 2. The second-order valence-corrected chi connectivity index (χ2v) is 5.90. The molecule has 0 saturated carbocycles. The number of nitrogens with one attached hydrogen (secondary N) is 1. The van der Waals surface area contributed by atoms with E-state index in [2.05, 4.69) is 10.4 Å². The second kappa shape index (κ2) is 7.62. The molecule has 126 valence electrons. The maximum absolute atomic E-state index is 12.8. The van der Waals surface area contributed by atoms with Crippen LogP contribution >= 0.6 is 0 Å². The molecule has 4 nitrogen and oxygen atoms in total. The minimum atomic E-state index is -0.0988. The smallest absolute Gasteiger partial charge is 0.252 e. The van der Waals surface area contributed by atoms with Crippen LogP contribution in [0, 0.1) is 6.92 Å². The van der Waals surface area contributed by atoms with Crippen LogP contribution in [0.4, 0.5) is 0 Å². The van der Waals surface area contributed by atoms with Gasteiger partial charge in [-0.2, -0.15) is 5.10 Å². The van der Waals surface area contributed by atoms with Gasteiger partial charge in [0.25, 0.3) is 5.91 Å². The Morgan fingerprint density at radius 1 is 1.08 bits per heavy atom. The number of nitrogens with zero attached hydrogens (tertiary/aromatic N) is 2. The Balaban J connectivity index is 1.85. The average Bonchev–Trinajstić information content (AvgIpc) is 2.98. The molecule has 1 heterocycles. The Labute approximate surface area is 147 Å². The molecule has 3 rings (SSSR count). The van der Waals surface area contributed by atoms with Crippen molar-refractivity contribution in [3.05, 3.63) is 89.2 Å². The third-order valence-corrected chi connectivity index (χ3v) is 4.22. The molecule has 0 aliphatic carbocycles. The van der Waals surface area contributed by atoms with E-state index < -0.39 is 0 Å². The fraction of sp³-hybridized carbons (Fsp3) is 0.143. The molecule has 0 bridgehead atoms. The zero-order chi connectivity index (χ0) is 17.6. The molecule has 0 aliphatic heterocycles. The number of rotatable bonds is 5. The van der Waals surface area contributed by atoms with Crippen LogP contribution in [0.2, 0.25) is 0 Å². The molecule has 4 heteroatoms. The van der Waals surface area contributed by atoms with E-state index in [9.17, 15) is 4.79 Å². The minimum Gasteiger partial charge on any atom is -0.348 e. The topological polar surface area (TPSA) is 46.9 Å². The van der Waals surface area contributed by atoms with E-state index in [-0.39, 0.29) is 5.91 Å². The van der Waals surface area contributed by atoms with Crippen LogP contribution in [0.15, 0.2) is 66.9 Å². The Morgan fingerprint density at radius 3 is 2.32 bits per heavy atom. The number of amides is 1. The highest BCUT2D eigenvalue weighted by atomic mass is 16.1. The van der Waals surface area contributed by atoms with Gasteiger partial charge in [0, 0.05) is 30.4 Å². The Morgan fingerprint density at radius 2 is 1.72 bits per heavy atom. The van der Waals surface area contributed by atoms with E-state index in [1.807, 2.05) is 80.7 Å². The number of aryl methyl sites for hydroxylation is 1. The fourth-order valence-electron chi connectivity index (χ4n) is 2.60. The van der Waals surface area contributed by atoms with Gasteiger partial charge in [-0.1, -0.05) is 60.7 Å². The first-order valence-corrected chi connectivity index (χ1v) is 8.23. The first-order chi connectivity index (χ1) is 12.1. The summed E-state index contributed by atoms with van der Waals surface area (Å²) in [5, 5.41) is 7.23. The quantitative estimate of drug-likeness (QED) is 0.574. The standard InChI is InChI=1S/C21H21N3O/c1-16-19(15-23-24(16)2)14-22-21(25)20(18-11-7-4-8-12-18)13-17-9-5-3-6-10-17/h3-13,15H,14H2,1-2H3,(H,22,25)/b20-13-. The Hall–Kier alpha value is -3.14. The summed E-state index contributed by atoms with van der Waals surface area (Å²) < 4.78 is 1.80. The summed E-state index contributed by atoms with van der Waals surface area (Å²) in [5.41, 5.74) is 4.60. The molecule has 0 atom stereocenters. The Bertz CT molecular complexity index is 880. The molecule has 2 aromatic carbocycles.